The summed E-state index contributed by atoms with van der Waals surface area (Å²) < 4.78 is 11.7. The van der Waals surface area contributed by atoms with Gasteiger partial charge in [-0.15, -0.1) is 0 Å². The third-order valence-electron chi connectivity index (χ3n) is 14.3. The molecule has 15 aromatic rings. The van der Waals surface area contributed by atoms with Gasteiger partial charge in [-0.3, -0.25) is 0 Å². The fourth-order valence-electron chi connectivity index (χ4n) is 11.0. The second-order valence-electron chi connectivity index (χ2n) is 18.4. The van der Waals surface area contributed by atoms with Gasteiger partial charge >= 0.3 is 0 Å². The van der Waals surface area contributed by atoms with Crippen LogP contribution >= 0.6 is 0 Å². The fourth-order valence-corrected chi connectivity index (χ4v) is 11.0. The van der Waals surface area contributed by atoms with E-state index >= 15 is 0 Å². The lowest BCUT2D eigenvalue weighted by molar-refractivity contribution is 0.669. The minimum Gasteiger partial charge on any atom is -0.455 e. The van der Waals surface area contributed by atoms with Crippen molar-refractivity contribution in [2.45, 2.75) is 0 Å². The zero-order valence-corrected chi connectivity index (χ0v) is 38.2. The van der Waals surface area contributed by atoms with Crippen molar-refractivity contribution < 1.29 is 4.42 Å². The molecule has 15 rings (SSSR count). The predicted molar refractivity (Wildman–Crippen MR) is 293 cm³/mol. The molecule has 6 nitrogen and oxygen atoms in total. The van der Waals surface area contributed by atoms with Crippen LogP contribution in [0.4, 0.5) is 0 Å². The molecule has 0 radical (unpaired) electrons. The molecule has 330 valence electrons. The van der Waals surface area contributed by atoms with Gasteiger partial charge in [-0.1, -0.05) is 170 Å². The second kappa shape index (κ2) is 15.4. The largest absolute Gasteiger partial charge is 0.455 e. The lowest BCUT2D eigenvalue weighted by Crippen LogP contribution is -2.02. The summed E-state index contributed by atoms with van der Waals surface area (Å²) in [6, 6.07) is 84.0. The summed E-state index contributed by atoms with van der Waals surface area (Å²) in [4.78, 5) is 16.3. The number of aromatic nitrogens is 5. The van der Waals surface area contributed by atoms with E-state index in [-0.39, 0.29) is 0 Å². The summed E-state index contributed by atoms with van der Waals surface area (Å²) in [5, 5.41) is 11.5. The number of hydrogen-bond acceptors (Lipinski definition) is 4. The van der Waals surface area contributed by atoms with E-state index in [0.717, 1.165) is 83.0 Å². The molecule has 0 amide bonds. The van der Waals surface area contributed by atoms with Crippen LogP contribution in [0.15, 0.2) is 241 Å². The van der Waals surface area contributed by atoms with Crippen LogP contribution in [0.25, 0.3) is 144 Å². The van der Waals surface area contributed by atoms with Gasteiger partial charge in [-0.05, 0) is 99.4 Å². The van der Waals surface area contributed by atoms with Gasteiger partial charge in [0.25, 0.3) is 0 Å². The normalized spacial score (nSPS) is 11.9. The fraction of sp³-hybridized carbons (Fsp3) is 0. The first-order valence-electron chi connectivity index (χ1n) is 24.0. The SMILES string of the molecule is c1ccc(-c2cccc(-c3nc(-c4ccc5c6ccccc6n(-c6ccccc6)c5c4)nc(-c4cc(-n5c6cc7ccccc7cc6c6c7ccccc7ccc65)cc5c4oc4ccccc45)n3)c2)cc1. The maximum absolute atomic E-state index is 6.91. The molecule has 0 spiro atoms. The molecule has 0 aliphatic heterocycles. The number of para-hydroxylation sites is 3. The third-order valence-corrected chi connectivity index (χ3v) is 14.3. The van der Waals surface area contributed by atoms with Crippen molar-refractivity contribution in [2.24, 2.45) is 0 Å². The Balaban J connectivity index is 1.03. The van der Waals surface area contributed by atoms with Gasteiger partial charge in [0.05, 0.1) is 27.6 Å². The first-order chi connectivity index (χ1) is 35.2. The molecule has 0 saturated heterocycles. The monoisotopic (exact) mass is 905 g/mol. The molecule has 0 fully saturated rings. The number of nitrogens with zero attached hydrogens (tertiary/aromatic N) is 5. The molecule has 0 saturated carbocycles. The zero-order chi connectivity index (χ0) is 46.6. The van der Waals surface area contributed by atoms with E-state index in [2.05, 4.69) is 228 Å². The molecule has 0 atom stereocenters. The standard InChI is InChI=1S/C65H39N5O/c1-3-16-40(17-4-1)42-21-15-22-45(34-42)63-66-64(46-30-32-51-50-26-11-13-28-56(50)69(58(51)37-46)47-23-5-2-6-24-47)68-65(67-63)55-39-48(38-53-52-27-12-14-29-60(52)71-62(53)55)70-57-33-31-41-18-9-10-25-49(41)61(57)54-35-43-19-7-8-20-44(43)36-59(54)70/h1-39H. The molecule has 0 aliphatic carbocycles. The van der Waals surface area contributed by atoms with Crippen molar-refractivity contribution in [3.05, 3.63) is 237 Å². The summed E-state index contributed by atoms with van der Waals surface area (Å²) >= 11 is 0. The first kappa shape index (κ1) is 39.4. The van der Waals surface area contributed by atoms with Crippen molar-refractivity contribution in [1.82, 2.24) is 24.1 Å². The van der Waals surface area contributed by atoms with E-state index in [0.29, 0.717) is 23.1 Å². The van der Waals surface area contributed by atoms with E-state index in [1.165, 1.54) is 37.7 Å². The van der Waals surface area contributed by atoms with Gasteiger partial charge in [-0.25, -0.2) is 15.0 Å². The molecular weight excluding hydrogens is 867 g/mol. The third kappa shape index (κ3) is 6.18. The van der Waals surface area contributed by atoms with E-state index in [1.807, 2.05) is 18.2 Å². The second-order valence-corrected chi connectivity index (χ2v) is 18.4. The summed E-state index contributed by atoms with van der Waals surface area (Å²) in [5.41, 5.74) is 12.7. The number of furan rings is 1. The number of rotatable bonds is 6. The van der Waals surface area contributed by atoms with Crippen LogP contribution in [-0.2, 0) is 0 Å². The molecule has 0 N–H and O–H groups in total. The Labute approximate surface area is 407 Å². The molecule has 6 heteroatoms. The maximum atomic E-state index is 6.91. The summed E-state index contributed by atoms with van der Waals surface area (Å²) in [5.74, 6) is 1.64. The lowest BCUT2D eigenvalue weighted by atomic mass is 10.0. The summed E-state index contributed by atoms with van der Waals surface area (Å²) in [6.45, 7) is 0. The Hall–Kier alpha value is -9.65. The number of benzene rings is 11. The highest BCUT2D eigenvalue weighted by atomic mass is 16.3. The average Bonchev–Trinajstić information content (AvgIpc) is 4.10. The Bertz CT molecular complexity index is 4640. The van der Waals surface area contributed by atoms with E-state index < -0.39 is 0 Å². The van der Waals surface area contributed by atoms with Crippen LogP contribution in [0.2, 0.25) is 0 Å². The number of fused-ring (bicyclic) bond motifs is 12. The molecule has 4 aromatic heterocycles. The van der Waals surface area contributed by atoms with Gasteiger partial charge < -0.3 is 13.6 Å². The van der Waals surface area contributed by atoms with Gasteiger partial charge in [0.15, 0.2) is 17.5 Å². The quantitative estimate of drug-likeness (QED) is 0.167. The lowest BCUT2D eigenvalue weighted by Gasteiger charge is -2.13. The summed E-state index contributed by atoms with van der Waals surface area (Å²) in [6.07, 6.45) is 0. The first-order valence-corrected chi connectivity index (χ1v) is 24.0. The Morgan fingerprint density at radius 2 is 0.901 bits per heavy atom. The predicted octanol–water partition coefficient (Wildman–Crippen LogP) is 16.9. The molecule has 71 heavy (non-hydrogen) atoms. The topological polar surface area (TPSA) is 61.7 Å². The smallest absolute Gasteiger partial charge is 0.167 e. The number of hydrogen-bond donors (Lipinski definition) is 0. The average molecular weight is 906 g/mol. The zero-order valence-electron chi connectivity index (χ0n) is 38.2. The maximum Gasteiger partial charge on any atom is 0.167 e. The van der Waals surface area contributed by atoms with Gasteiger partial charge in [-0.2, -0.15) is 0 Å². The van der Waals surface area contributed by atoms with Crippen LogP contribution in [0, 0.1) is 0 Å². The van der Waals surface area contributed by atoms with Gasteiger partial charge in [0, 0.05) is 54.8 Å². The van der Waals surface area contributed by atoms with Crippen molar-refractivity contribution in [3.8, 4) is 56.7 Å². The minimum absolute atomic E-state index is 0.515. The Morgan fingerprint density at radius 3 is 1.73 bits per heavy atom. The highest BCUT2D eigenvalue weighted by Gasteiger charge is 2.23. The minimum atomic E-state index is 0.515. The molecular formula is C65H39N5O. The molecule has 11 aromatic carbocycles. The molecule has 0 aliphatic rings. The molecule has 0 unspecified atom stereocenters. The Morgan fingerprint density at radius 1 is 0.296 bits per heavy atom. The van der Waals surface area contributed by atoms with Crippen molar-refractivity contribution in [1.29, 1.82) is 0 Å². The van der Waals surface area contributed by atoms with Crippen LogP contribution in [-0.4, -0.2) is 24.1 Å². The van der Waals surface area contributed by atoms with E-state index in [9.17, 15) is 0 Å². The van der Waals surface area contributed by atoms with Crippen molar-refractivity contribution in [3.63, 3.8) is 0 Å². The van der Waals surface area contributed by atoms with Crippen molar-refractivity contribution >= 4 is 87.1 Å². The van der Waals surface area contributed by atoms with Crippen LogP contribution in [0.3, 0.4) is 0 Å². The highest BCUT2D eigenvalue weighted by molar-refractivity contribution is 6.23. The van der Waals surface area contributed by atoms with E-state index in [1.54, 1.807) is 0 Å². The van der Waals surface area contributed by atoms with Gasteiger partial charge in [0.1, 0.15) is 11.2 Å². The van der Waals surface area contributed by atoms with Crippen LogP contribution in [0.1, 0.15) is 0 Å². The van der Waals surface area contributed by atoms with Gasteiger partial charge in [0.2, 0.25) is 0 Å². The van der Waals surface area contributed by atoms with Crippen LogP contribution in [0.5, 0.6) is 0 Å². The molecule has 4 heterocycles. The van der Waals surface area contributed by atoms with Crippen LogP contribution < -0.4 is 0 Å². The van der Waals surface area contributed by atoms with Crippen molar-refractivity contribution in [2.75, 3.05) is 0 Å². The highest BCUT2D eigenvalue weighted by Crippen LogP contribution is 2.43. The van der Waals surface area contributed by atoms with E-state index in [4.69, 9.17) is 19.4 Å². The summed E-state index contributed by atoms with van der Waals surface area (Å²) in [7, 11) is 0. The molecule has 0 bridgehead atoms. The Kier molecular flexibility index (Phi) is 8.56.